The fourth-order valence-corrected chi connectivity index (χ4v) is 4.54. The Kier molecular flexibility index (Phi) is 4.95. The fourth-order valence-electron chi connectivity index (χ4n) is 2.99. The Labute approximate surface area is 124 Å². The van der Waals surface area contributed by atoms with Crippen LogP contribution in [-0.4, -0.2) is 32.4 Å². The standard InChI is InChI=1S/C14H20F2N2O2S/c1-18(13-8-3-2-5-10(13)9-17)21(19,20)14-11(15)6-4-7-12(14)16/h4,6-7,10,13H,2-3,5,8-9,17H2,1H3. The second kappa shape index (κ2) is 6.37. The Bertz CT molecular complexity index is 587. The summed E-state index contributed by atoms with van der Waals surface area (Å²) in [6.07, 6.45) is 3.38. The predicted molar refractivity (Wildman–Crippen MR) is 76.1 cm³/mol. The second-order valence-electron chi connectivity index (χ2n) is 5.42. The Morgan fingerprint density at radius 1 is 1.24 bits per heavy atom. The van der Waals surface area contributed by atoms with Crippen molar-refractivity contribution >= 4 is 10.0 Å². The van der Waals surface area contributed by atoms with Crippen molar-refractivity contribution in [2.24, 2.45) is 11.7 Å². The zero-order valence-corrected chi connectivity index (χ0v) is 12.7. The lowest BCUT2D eigenvalue weighted by Gasteiger charge is -2.36. The molecule has 1 aliphatic carbocycles. The monoisotopic (exact) mass is 318 g/mol. The van der Waals surface area contributed by atoms with E-state index < -0.39 is 26.6 Å². The van der Waals surface area contributed by atoms with Gasteiger partial charge in [0.05, 0.1) is 0 Å². The van der Waals surface area contributed by atoms with Crippen LogP contribution in [0.2, 0.25) is 0 Å². The van der Waals surface area contributed by atoms with Crippen molar-refractivity contribution in [3.63, 3.8) is 0 Å². The van der Waals surface area contributed by atoms with Crippen LogP contribution in [0.1, 0.15) is 25.7 Å². The van der Waals surface area contributed by atoms with Crippen LogP contribution in [0.25, 0.3) is 0 Å². The maximum Gasteiger partial charge on any atom is 0.248 e. The first-order valence-corrected chi connectivity index (χ1v) is 8.45. The summed E-state index contributed by atoms with van der Waals surface area (Å²) in [6, 6.07) is 2.73. The van der Waals surface area contributed by atoms with Crippen LogP contribution in [0.15, 0.2) is 23.1 Å². The number of hydrogen-bond acceptors (Lipinski definition) is 3. The van der Waals surface area contributed by atoms with Gasteiger partial charge in [0.1, 0.15) is 11.6 Å². The highest BCUT2D eigenvalue weighted by Crippen LogP contribution is 2.31. The summed E-state index contributed by atoms with van der Waals surface area (Å²) in [5.74, 6) is -2.11. The normalized spacial score (nSPS) is 23.5. The first-order chi connectivity index (χ1) is 9.89. The van der Waals surface area contributed by atoms with Crippen LogP contribution < -0.4 is 5.73 Å². The molecule has 0 heterocycles. The number of hydrogen-bond donors (Lipinski definition) is 1. The molecule has 0 spiro atoms. The molecular formula is C14H20F2N2O2S. The number of sulfonamides is 1. The van der Waals surface area contributed by atoms with Gasteiger partial charge in [0, 0.05) is 13.1 Å². The molecule has 0 aromatic heterocycles. The minimum atomic E-state index is -4.22. The highest BCUT2D eigenvalue weighted by atomic mass is 32.2. The molecule has 0 saturated heterocycles. The van der Waals surface area contributed by atoms with E-state index in [0.717, 1.165) is 41.8 Å². The van der Waals surface area contributed by atoms with E-state index >= 15 is 0 Å². The molecule has 2 N–H and O–H groups in total. The van der Waals surface area contributed by atoms with Gasteiger partial charge in [-0.15, -0.1) is 0 Å². The minimum absolute atomic E-state index is 0.0216. The second-order valence-corrected chi connectivity index (χ2v) is 7.35. The largest absolute Gasteiger partial charge is 0.330 e. The average molecular weight is 318 g/mol. The smallest absolute Gasteiger partial charge is 0.248 e. The van der Waals surface area contributed by atoms with Crippen molar-refractivity contribution in [2.75, 3.05) is 13.6 Å². The Balaban J connectivity index is 2.38. The predicted octanol–water partition coefficient (Wildman–Crippen LogP) is 2.10. The Hall–Kier alpha value is -1.05. The van der Waals surface area contributed by atoms with Crippen LogP contribution >= 0.6 is 0 Å². The molecule has 0 amide bonds. The van der Waals surface area contributed by atoms with E-state index in [2.05, 4.69) is 0 Å². The molecule has 1 saturated carbocycles. The van der Waals surface area contributed by atoms with E-state index in [9.17, 15) is 17.2 Å². The molecule has 1 aromatic carbocycles. The van der Waals surface area contributed by atoms with Crippen LogP contribution in [0.5, 0.6) is 0 Å². The van der Waals surface area contributed by atoms with E-state index in [1.807, 2.05) is 0 Å². The summed E-state index contributed by atoms with van der Waals surface area (Å²) < 4.78 is 53.7. The number of rotatable bonds is 4. The maximum atomic E-state index is 13.8. The van der Waals surface area contributed by atoms with Crippen LogP contribution in [0.4, 0.5) is 8.78 Å². The van der Waals surface area contributed by atoms with Gasteiger partial charge in [0.25, 0.3) is 0 Å². The van der Waals surface area contributed by atoms with Crippen LogP contribution in [0, 0.1) is 17.6 Å². The third-order valence-corrected chi connectivity index (χ3v) is 6.13. The van der Waals surface area contributed by atoms with Crippen molar-refractivity contribution in [3.8, 4) is 0 Å². The van der Waals surface area contributed by atoms with Crippen molar-refractivity contribution in [1.82, 2.24) is 4.31 Å². The van der Waals surface area contributed by atoms with Gasteiger partial charge in [0.15, 0.2) is 4.90 Å². The molecule has 2 unspecified atom stereocenters. The molecule has 0 radical (unpaired) electrons. The molecule has 1 aliphatic rings. The lowest BCUT2D eigenvalue weighted by Crippen LogP contribution is -2.46. The molecule has 4 nitrogen and oxygen atoms in total. The highest BCUT2D eigenvalue weighted by Gasteiger charge is 2.37. The van der Waals surface area contributed by atoms with E-state index in [0.29, 0.717) is 13.0 Å². The lowest BCUT2D eigenvalue weighted by molar-refractivity contribution is 0.203. The molecular weight excluding hydrogens is 298 g/mol. The minimum Gasteiger partial charge on any atom is -0.330 e. The zero-order valence-electron chi connectivity index (χ0n) is 11.9. The molecule has 2 rings (SSSR count). The van der Waals surface area contributed by atoms with Crippen LogP contribution in [-0.2, 0) is 10.0 Å². The topological polar surface area (TPSA) is 63.4 Å². The summed E-state index contributed by atoms with van der Waals surface area (Å²) in [7, 11) is -2.84. The van der Waals surface area contributed by atoms with E-state index in [1.165, 1.54) is 7.05 Å². The van der Waals surface area contributed by atoms with E-state index in [4.69, 9.17) is 5.73 Å². The fraction of sp³-hybridized carbons (Fsp3) is 0.571. The van der Waals surface area contributed by atoms with Gasteiger partial charge in [-0.05, 0) is 37.4 Å². The molecule has 118 valence electrons. The third kappa shape index (κ3) is 3.09. The molecule has 1 fully saturated rings. The lowest BCUT2D eigenvalue weighted by atomic mass is 9.85. The Morgan fingerprint density at radius 3 is 2.38 bits per heavy atom. The van der Waals surface area contributed by atoms with Gasteiger partial charge in [-0.25, -0.2) is 17.2 Å². The number of halogens is 2. The van der Waals surface area contributed by atoms with Crippen LogP contribution in [0.3, 0.4) is 0 Å². The van der Waals surface area contributed by atoms with Gasteiger partial charge < -0.3 is 5.73 Å². The summed E-state index contributed by atoms with van der Waals surface area (Å²) in [5.41, 5.74) is 5.70. The van der Waals surface area contributed by atoms with Gasteiger partial charge in [-0.1, -0.05) is 18.9 Å². The van der Waals surface area contributed by atoms with E-state index in [-0.39, 0.29) is 12.0 Å². The molecule has 1 aromatic rings. The molecule has 21 heavy (non-hydrogen) atoms. The van der Waals surface area contributed by atoms with Crippen molar-refractivity contribution in [3.05, 3.63) is 29.8 Å². The van der Waals surface area contributed by atoms with Gasteiger partial charge >= 0.3 is 0 Å². The van der Waals surface area contributed by atoms with Crippen molar-refractivity contribution in [2.45, 2.75) is 36.6 Å². The average Bonchev–Trinajstić information content (AvgIpc) is 2.46. The number of benzene rings is 1. The van der Waals surface area contributed by atoms with Crippen molar-refractivity contribution < 1.29 is 17.2 Å². The number of nitrogens with two attached hydrogens (primary N) is 1. The zero-order chi connectivity index (χ0) is 15.6. The molecule has 0 bridgehead atoms. The highest BCUT2D eigenvalue weighted by molar-refractivity contribution is 7.89. The molecule has 7 heteroatoms. The molecule has 2 atom stereocenters. The third-order valence-electron chi connectivity index (χ3n) is 4.19. The number of nitrogens with zero attached hydrogens (tertiary/aromatic N) is 1. The summed E-state index contributed by atoms with van der Waals surface area (Å²) >= 11 is 0. The maximum absolute atomic E-state index is 13.8. The Morgan fingerprint density at radius 2 is 1.81 bits per heavy atom. The first-order valence-electron chi connectivity index (χ1n) is 7.01. The molecule has 0 aliphatic heterocycles. The van der Waals surface area contributed by atoms with E-state index in [1.54, 1.807) is 0 Å². The quantitative estimate of drug-likeness (QED) is 0.925. The van der Waals surface area contributed by atoms with Gasteiger partial charge in [0.2, 0.25) is 10.0 Å². The summed E-state index contributed by atoms with van der Waals surface area (Å²) in [4.78, 5) is -0.881. The van der Waals surface area contributed by atoms with Gasteiger partial charge in [-0.3, -0.25) is 0 Å². The summed E-state index contributed by atoms with van der Waals surface area (Å²) in [5, 5.41) is 0. The van der Waals surface area contributed by atoms with Crippen molar-refractivity contribution in [1.29, 1.82) is 0 Å². The first kappa shape index (κ1) is 16.3. The SMILES string of the molecule is CN(C1CCCCC1CN)S(=O)(=O)c1c(F)cccc1F. The summed E-state index contributed by atoms with van der Waals surface area (Å²) in [6.45, 7) is 0.365. The van der Waals surface area contributed by atoms with Gasteiger partial charge in [-0.2, -0.15) is 4.31 Å².